The first-order valence-electron chi connectivity index (χ1n) is 22.8. The van der Waals surface area contributed by atoms with Gasteiger partial charge < -0.3 is 19.6 Å². The average molecular weight is 945 g/mol. The van der Waals surface area contributed by atoms with E-state index in [0.29, 0.717) is 70.2 Å². The van der Waals surface area contributed by atoms with Crippen molar-refractivity contribution in [3.8, 4) is 11.5 Å². The van der Waals surface area contributed by atoms with Crippen LogP contribution in [0.4, 0.5) is 17.6 Å². The van der Waals surface area contributed by atoms with Crippen molar-refractivity contribution in [2.24, 2.45) is 0 Å². The molecule has 17 heteroatoms. The maximum absolute atomic E-state index is 15.1. The highest BCUT2D eigenvalue weighted by Crippen LogP contribution is 2.47. The summed E-state index contributed by atoms with van der Waals surface area (Å²) in [4.78, 5) is 66.4. The first-order chi connectivity index (χ1) is 33.0. The third-order valence-electron chi connectivity index (χ3n) is 13.7. The number of ether oxygens (including phenoxy) is 1. The van der Waals surface area contributed by atoms with Crippen LogP contribution in [0.15, 0.2) is 94.8 Å². The van der Waals surface area contributed by atoms with Crippen molar-refractivity contribution in [1.29, 1.82) is 0 Å². The fourth-order valence-corrected chi connectivity index (χ4v) is 10.6. The Hall–Kier alpha value is -7.43. The fourth-order valence-electron chi connectivity index (χ4n) is 10.6. The van der Waals surface area contributed by atoms with Gasteiger partial charge in [-0.05, 0) is 122 Å². The van der Waals surface area contributed by atoms with Crippen molar-refractivity contribution in [1.82, 2.24) is 29.4 Å². The van der Waals surface area contributed by atoms with E-state index < -0.39 is 64.1 Å². The van der Waals surface area contributed by atoms with Crippen LogP contribution in [0.5, 0.6) is 11.5 Å². The number of carbonyl (C=O) groups excluding carboxylic acids is 3. The molecule has 13 nitrogen and oxygen atoms in total. The summed E-state index contributed by atoms with van der Waals surface area (Å²) in [5.74, 6) is -5.46. The number of hydrogen-bond donors (Lipinski definition) is 1. The largest absolute Gasteiger partial charge is 0.502 e. The SMILES string of the molecule is CC(=O)Oc1c2n(ncc1=O)[C@@H](C1c3cccc(F)c3CCc3c(F)cccc31)CN(C(C)C)C2=O.CC(C)N1C[C@H](C2c3cccc(F)c3CCc3c(F)cccc32)n2ncc(=O)c(O)c2C1=O. The second-order valence-corrected chi connectivity index (χ2v) is 18.3. The Kier molecular flexibility index (Phi) is 12.3. The maximum Gasteiger partial charge on any atom is 0.308 e. The number of halogens is 4. The lowest BCUT2D eigenvalue weighted by molar-refractivity contribution is -0.132. The number of benzene rings is 4. The van der Waals surface area contributed by atoms with Crippen LogP contribution in [-0.4, -0.2) is 77.4 Å². The predicted molar refractivity (Wildman–Crippen MR) is 244 cm³/mol. The van der Waals surface area contributed by atoms with Crippen LogP contribution in [0.25, 0.3) is 0 Å². The van der Waals surface area contributed by atoms with Gasteiger partial charge in [-0.2, -0.15) is 10.2 Å². The molecule has 0 radical (unpaired) electrons. The highest BCUT2D eigenvalue weighted by molar-refractivity contribution is 5.97. The van der Waals surface area contributed by atoms with E-state index in [1.54, 1.807) is 34.1 Å². The zero-order valence-electron chi connectivity index (χ0n) is 38.4. The smallest absolute Gasteiger partial charge is 0.308 e. The monoisotopic (exact) mass is 944 g/mol. The summed E-state index contributed by atoms with van der Waals surface area (Å²) >= 11 is 0. The summed E-state index contributed by atoms with van der Waals surface area (Å²) in [7, 11) is 0. The number of aromatic hydroxyl groups is 1. The number of aromatic nitrogens is 4. The minimum atomic E-state index is -0.752. The molecule has 10 rings (SSSR count). The Morgan fingerprint density at radius 3 is 1.29 bits per heavy atom. The van der Waals surface area contributed by atoms with Crippen molar-refractivity contribution in [3.63, 3.8) is 0 Å². The number of carbonyl (C=O) groups is 3. The number of fused-ring (bicyclic) bond motifs is 6. The molecule has 4 aliphatic rings. The second-order valence-electron chi connectivity index (χ2n) is 18.3. The normalized spacial score (nSPS) is 17.7. The number of hydrogen-bond acceptors (Lipinski definition) is 9. The molecule has 0 unspecified atom stereocenters. The van der Waals surface area contributed by atoms with Crippen LogP contribution in [0, 0.1) is 23.3 Å². The van der Waals surface area contributed by atoms with Crippen molar-refractivity contribution in [3.05, 3.63) is 185 Å². The van der Waals surface area contributed by atoms with Crippen LogP contribution in [0.1, 0.15) is 124 Å². The molecule has 0 fully saturated rings. The third-order valence-corrected chi connectivity index (χ3v) is 13.7. The highest BCUT2D eigenvalue weighted by Gasteiger charge is 2.45. The molecular weight excluding hydrogens is 897 g/mol. The number of rotatable bonds is 5. The summed E-state index contributed by atoms with van der Waals surface area (Å²) in [6, 6.07) is 17.6. The predicted octanol–water partition coefficient (Wildman–Crippen LogP) is 7.35. The van der Waals surface area contributed by atoms with E-state index in [0.717, 1.165) is 19.3 Å². The lowest BCUT2D eigenvalue weighted by Crippen LogP contribution is -2.50. The van der Waals surface area contributed by atoms with E-state index in [4.69, 9.17) is 4.74 Å². The summed E-state index contributed by atoms with van der Waals surface area (Å²) in [6.07, 6.45) is 3.27. The van der Waals surface area contributed by atoms with Crippen LogP contribution in [-0.2, 0) is 30.5 Å². The lowest BCUT2D eigenvalue weighted by atomic mass is 9.81. The van der Waals surface area contributed by atoms with E-state index >= 15 is 8.78 Å². The van der Waals surface area contributed by atoms with Gasteiger partial charge in [0, 0.05) is 43.9 Å². The Bertz CT molecular complexity index is 3100. The van der Waals surface area contributed by atoms with Gasteiger partial charge in [0.1, 0.15) is 23.3 Å². The molecule has 6 aromatic rings. The molecule has 2 amide bonds. The van der Waals surface area contributed by atoms with Crippen molar-refractivity contribution >= 4 is 17.8 Å². The summed E-state index contributed by atoms with van der Waals surface area (Å²) < 4.78 is 67.9. The number of nitrogens with zero attached hydrogens (tertiary/aromatic N) is 6. The van der Waals surface area contributed by atoms with Crippen molar-refractivity contribution in [2.45, 2.75) is 96.3 Å². The standard InChI is InChI=1S/C27H25F2N3O4.C25H23F2N3O3/c1-14(2)31-13-22(32-25(27(31)35)26(36-15(3)33)23(34)12-30-32)24-18-6-4-8-20(28)16(18)10-11-17-19(24)7-5-9-21(17)29;1-13(2)29-12-20(30-23(25(29)33)24(32)21(31)11-28-30)22-16-5-3-7-18(26)14(16)9-10-15-17(22)6-4-8-19(15)27/h4-9,12,14,22,24H,10-11,13H2,1-3H3;3-8,11,13,20,22,32H,9-10,12H2,1-2H3/t22-;20-/m11/s1. The van der Waals surface area contributed by atoms with Gasteiger partial charge in [0.15, 0.2) is 17.1 Å². The minimum Gasteiger partial charge on any atom is -0.502 e. The molecule has 0 saturated carbocycles. The van der Waals surface area contributed by atoms with Crippen LogP contribution in [0.2, 0.25) is 0 Å². The van der Waals surface area contributed by atoms with E-state index in [1.165, 1.54) is 33.6 Å². The van der Waals surface area contributed by atoms with E-state index in [1.807, 2.05) is 52.0 Å². The molecule has 4 heterocycles. The Morgan fingerprint density at radius 2 is 0.928 bits per heavy atom. The van der Waals surface area contributed by atoms with E-state index in [2.05, 4.69) is 10.2 Å². The summed E-state index contributed by atoms with van der Waals surface area (Å²) in [5, 5.41) is 19.0. The molecule has 0 bridgehead atoms. The quantitative estimate of drug-likeness (QED) is 0.138. The van der Waals surface area contributed by atoms with Gasteiger partial charge in [-0.3, -0.25) is 33.3 Å². The minimum absolute atomic E-state index is 0.150. The molecule has 1 N–H and O–H groups in total. The number of esters is 1. The highest BCUT2D eigenvalue weighted by atomic mass is 19.1. The lowest BCUT2D eigenvalue weighted by Gasteiger charge is -2.41. The maximum atomic E-state index is 15.1. The Morgan fingerprint density at radius 1 is 0.580 bits per heavy atom. The van der Waals surface area contributed by atoms with Gasteiger partial charge in [0.05, 0.1) is 24.5 Å². The number of amides is 2. The van der Waals surface area contributed by atoms with Crippen LogP contribution >= 0.6 is 0 Å². The molecule has 2 aliphatic carbocycles. The van der Waals surface area contributed by atoms with Crippen molar-refractivity contribution < 1.29 is 41.8 Å². The molecule has 4 aromatic carbocycles. The molecule has 69 heavy (non-hydrogen) atoms. The fraction of sp³-hybridized carbons (Fsp3) is 0.327. The summed E-state index contributed by atoms with van der Waals surface area (Å²) in [6.45, 7) is 8.86. The molecule has 0 spiro atoms. The summed E-state index contributed by atoms with van der Waals surface area (Å²) in [5.41, 5.74) is 2.87. The van der Waals surface area contributed by atoms with Gasteiger partial charge in [-0.25, -0.2) is 17.6 Å². The topological polar surface area (TPSA) is 157 Å². The van der Waals surface area contributed by atoms with Gasteiger partial charge in [0.25, 0.3) is 11.8 Å². The second kappa shape index (κ2) is 18.2. The molecular formula is C52H48F4N6O7. The van der Waals surface area contributed by atoms with E-state index in [-0.39, 0.29) is 59.8 Å². The Balaban J connectivity index is 0.000000172. The molecule has 0 saturated heterocycles. The molecule has 2 atom stereocenters. The van der Waals surface area contributed by atoms with Gasteiger partial charge >= 0.3 is 5.97 Å². The van der Waals surface area contributed by atoms with Crippen LogP contribution in [0.3, 0.4) is 0 Å². The zero-order valence-corrected chi connectivity index (χ0v) is 38.4. The van der Waals surface area contributed by atoms with Crippen LogP contribution < -0.4 is 15.6 Å². The zero-order chi connectivity index (χ0) is 49.2. The third kappa shape index (κ3) is 8.06. The van der Waals surface area contributed by atoms with Gasteiger partial charge in [-0.1, -0.05) is 48.5 Å². The average Bonchev–Trinajstić information content (AvgIpc) is 3.59. The first-order valence-corrected chi connectivity index (χ1v) is 22.8. The molecule has 2 aromatic heterocycles. The van der Waals surface area contributed by atoms with Crippen molar-refractivity contribution in [2.75, 3.05) is 13.1 Å². The molecule has 356 valence electrons. The Labute approximate surface area is 393 Å². The molecule has 2 aliphatic heterocycles. The first kappa shape index (κ1) is 46.7. The van der Waals surface area contributed by atoms with Gasteiger partial charge in [-0.15, -0.1) is 0 Å². The van der Waals surface area contributed by atoms with Gasteiger partial charge in [0.2, 0.25) is 16.6 Å². The van der Waals surface area contributed by atoms with E-state index in [9.17, 15) is 37.9 Å².